The van der Waals surface area contributed by atoms with Gasteiger partial charge in [0.2, 0.25) is 5.91 Å². The van der Waals surface area contributed by atoms with Gasteiger partial charge in [-0.3, -0.25) is 4.79 Å². The maximum atomic E-state index is 11.2. The smallest absolute Gasteiger partial charge is 0.220 e. The van der Waals surface area contributed by atoms with E-state index in [1.807, 2.05) is 14.1 Å². The number of carbonyl (C=O) groups excluding carboxylic acids is 1. The first-order valence-corrected chi connectivity index (χ1v) is 4.93. The van der Waals surface area contributed by atoms with Gasteiger partial charge in [-0.05, 0) is 26.4 Å². The van der Waals surface area contributed by atoms with Crippen LogP contribution in [-0.4, -0.2) is 38.0 Å². The number of hydrogen-bond acceptors (Lipinski definition) is 2. The fourth-order valence-corrected chi connectivity index (χ4v) is 0.927. The summed E-state index contributed by atoms with van der Waals surface area (Å²) in [6, 6.07) is 0. The van der Waals surface area contributed by atoms with Crippen LogP contribution in [0.3, 0.4) is 0 Å². The van der Waals surface area contributed by atoms with E-state index < -0.39 is 0 Å². The molecule has 0 fully saturated rings. The fourth-order valence-electron chi connectivity index (χ4n) is 0.927. The van der Waals surface area contributed by atoms with Gasteiger partial charge >= 0.3 is 0 Å². The molecular weight excluding hydrogens is 164 g/mol. The summed E-state index contributed by atoms with van der Waals surface area (Å²) in [5, 5.41) is 2.89. The van der Waals surface area contributed by atoms with E-state index in [0.717, 1.165) is 19.5 Å². The largest absolute Gasteiger partial charge is 0.355 e. The van der Waals surface area contributed by atoms with Crippen LogP contribution in [0, 0.1) is 5.92 Å². The minimum atomic E-state index is 0.176. The summed E-state index contributed by atoms with van der Waals surface area (Å²) in [7, 11) is 4.00. The van der Waals surface area contributed by atoms with Crippen molar-refractivity contribution in [3.8, 4) is 0 Å². The zero-order valence-corrected chi connectivity index (χ0v) is 9.26. The Morgan fingerprint density at radius 1 is 1.38 bits per heavy atom. The van der Waals surface area contributed by atoms with Gasteiger partial charge in [0.15, 0.2) is 0 Å². The van der Waals surface area contributed by atoms with Gasteiger partial charge in [-0.15, -0.1) is 0 Å². The molecule has 1 N–H and O–H groups in total. The number of rotatable bonds is 6. The molecule has 0 unspecified atom stereocenters. The minimum absolute atomic E-state index is 0.176. The monoisotopic (exact) mass is 186 g/mol. The molecule has 0 atom stereocenters. The number of nitrogens with one attached hydrogen (secondary N) is 1. The molecule has 0 radical (unpaired) electrons. The maximum absolute atomic E-state index is 11.2. The number of nitrogens with zero attached hydrogens (tertiary/aromatic N) is 1. The third-order valence-electron chi connectivity index (χ3n) is 1.83. The maximum Gasteiger partial charge on any atom is 0.220 e. The molecule has 0 aromatic rings. The van der Waals surface area contributed by atoms with E-state index in [-0.39, 0.29) is 5.91 Å². The molecule has 0 aromatic carbocycles. The molecular formula is C10H22N2O. The summed E-state index contributed by atoms with van der Waals surface area (Å²) in [5.41, 5.74) is 0. The number of likely N-dealkylation sites (N-methyl/N-ethyl adjacent to an activating group) is 1. The lowest BCUT2D eigenvalue weighted by molar-refractivity contribution is -0.121. The van der Waals surface area contributed by atoms with E-state index in [1.165, 1.54) is 0 Å². The van der Waals surface area contributed by atoms with Crippen LogP contribution >= 0.6 is 0 Å². The Labute approximate surface area is 81.5 Å². The minimum Gasteiger partial charge on any atom is -0.355 e. The predicted molar refractivity (Wildman–Crippen MR) is 55.6 cm³/mol. The van der Waals surface area contributed by atoms with Gasteiger partial charge in [0.05, 0.1) is 0 Å². The van der Waals surface area contributed by atoms with Crippen LogP contribution in [0.5, 0.6) is 0 Å². The number of hydrogen-bond donors (Lipinski definition) is 1. The van der Waals surface area contributed by atoms with Crippen LogP contribution in [0.15, 0.2) is 0 Å². The van der Waals surface area contributed by atoms with E-state index in [4.69, 9.17) is 0 Å². The first kappa shape index (κ1) is 12.4. The zero-order valence-electron chi connectivity index (χ0n) is 9.26. The van der Waals surface area contributed by atoms with Gasteiger partial charge in [-0.2, -0.15) is 0 Å². The third-order valence-corrected chi connectivity index (χ3v) is 1.83. The first-order valence-electron chi connectivity index (χ1n) is 4.93. The zero-order chi connectivity index (χ0) is 10.3. The average molecular weight is 186 g/mol. The van der Waals surface area contributed by atoms with Gasteiger partial charge < -0.3 is 10.2 Å². The van der Waals surface area contributed by atoms with Crippen LogP contribution in [0.2, 0.25) is 0 Å². The molecule has 0 heterocycles. The second kappa shape index (κ2) is 6.89. The summed E-state index contributed by atoms with van der Waals surface area (Å²) >= 11 is 0. The standard InChI is InChI=1S/C10H22N2O/c1-9(2)5-6-10(13)11-7-8-12(3)4/h9H,5-8H2,1-4H3,(H,11,13). The predicted octanol–water partition coefficient (Wildman–Crippen LogP) is 1.10. The van der Waals surface area contributed by atoms with E-state index >= 15 is 0 Å². The summed E-state index contributed by atoms with van der Waals surface area (Å²) in [4.78, 5) is 13.3. The van der Waals surface area contributed by atoms with Crippen molar-refractivity contribution in [1.29, 1.82) is 0 Å². The molecule has 0 saturated heterocycles. The van der Waals surface area contributed by atoms with Crippen molar-refractivity contribution in [2.24, 2.45) is 5.92 Å². The Kier molecular flexibility index (Phi) is 6.59. The number of amides is 1. The number of carbonyl (C=O) groups is 1. The Morgan fingerprint density at radius 3 is 2.46 bits per heavy atom. The van der Waals surface area contributed by atoms with Crippen LogP contribution in [0.1, 0.15) is 26.7 Å². The van der Waals surface area contributed by atoms with E-state index in [9.17, 15) is 4.79 Å². The molecule has 3 nitrogen and oxygen atoms in total. The van der Waals surface area contributed by atoms with Crippen LogP contribution < -0.4 is 5.32 Å². The highest BCUT2D eigenvalue weighted by Crippen LogP contribution is 2.02. The van der Waals surface area contributed by atoms with Crippen LogP contribution in [0.25, 0.3) is 0 Å². The molecule has 3 heteroatoms. The van der Waals surface area contributed by atoms with E-state index in [1.54, 1.807) is 0 Å². The highest BCUT2D eigenvalue weighted by molar-refractivity contribution is 5.75. The Hall–Kier alpha value is -0.570. The summed E-state index contributed by atoms with van der Waals surface area (Å²) in [6.07, 6.45) is 1.64. The fraction of sp³-hybridized carbons (Fsp3) is 0.900. The molecule has 1 amide bonds. The normalized spacial score (nSPS) is 10.9. The molecule has 0 saturated carbocycles. The molecule has 78 valence electrons. The van der Waals surface area contributed by atoms with Crippen molar-refractivity contribution in [3.63, 3.8) is 0 Å². The average Bonchev–Trinajstić information content (AvgIpc) is 2.00. The van der Waals surface area contributed by atoms with Gasteiger partial charge in [0.25, 0.3) is 0 Å². The van der Waals surface area contributed by atoms with Crippen LogP contribution in [-0.2, 0) is 4.79 Å². The van der Waals surface area contributed by atoms with Crippen molar-refractivity contribution >= 4 is 5.91 Å². The second-order valence-electron chi connectivity index (χ2n) is 4.09. The third kappa shape index (κ3) is 9.34. The van der Waals surface area contributed by atoms with Crippen molar-refractivity contribution in [2.75, 3.05) is 27.2 Å². The first-order chi connectivity index (χ1) is 6.02. The lowest BCUT2D eigenvalue weighted by Crippen LogP contribution is -2.31. The molecule has 13 heavy (non-hydrogen) atoms. The van der Waals surface area contributed by atoms with Gasteiger partial charge in [-0.1, -0.05) is 13.8 Å². The van der Waals surface area contributed by atoms with Crippen LogP contribution in [0.4, 0.5) is 0 Å². The topological polar surface area (TPSA) is 32.3 Å². The molecule has 0 rings (SSSR count). The van der Waals surface area contributed by atoms with Gasteiger partial charge in [-0.25, -0.2) is 0 Å². The highest BCUT2D eigenvalue weighted by atomic mass is 16.1. The van der Waals surface area contributed by atoms with Crippen molar-refractivity contribution in [1.82, 2.24) is 10.2 Å². The summed E-state index contributed by atoms with van der Waals surface area (Å²) in [5.74, 6) is 0.787. The van der Waals surface area contributed by atoms with Crippen molar-refractivity contribution in [2.45, 2.75) is 26.7 Å². The van der Waals surface area contributed by atoms with E-state index in [2.05, 4.69) is 24.1 Å². The SMILES string of the molecule is CC(C)CCC(=O)NCCN(C)C. The molecule has 0 spiro atoms. The Morgan fingerprint density at radius 2 is 2.00 bits per heavy atom. The van der Waals surface area contributed by atoms with E-state index in [0.29, 0.717) is 12.3 Å². The van der Waals surface area contributed by atoms with Gasteiger partial charge in [0.1, 0.15) is 0 Å². The quantitative estimate of drug-likeness (QED) is 0.673. The molecule has 0 aromatic heterocycles. The molecule has 0 aliphatic heterocycles. The highest BCUT2D eigenvalue weighted by Gasteiger charge is 2.02. The molecule has 0 aliphatic carbocycles. The van der Waals surface area contributed by atoms with Crippen molar-refractivity contribution < 1.29 is 4.79 Å². The van der Waals surface area contributed by atoms with Crippen molar-refractivity contribution in [3.05, 3.63) is 0 Å². The van der Waals surface area contributed by atoms with Gasteiger partial charge in [0, 0.05) is 19.5 Å². The lowest BCUT2D eigenvalue weighted by atomic mass is 10.1. The lowest BCUT2D eigenvalue weighted by Gasteiger charge is -2.10. The molecule has 0 bridgehead atoms. The Bertz CT molecular complexity index is 144. The Balaban J connectivity index is 3.30. The summed E-state index contributed by atoms with van der Waals surface area (Å²) < 4.78 is 0. The summed E-state index contributed by atoms with van der Waals surface area (Å²) in [6.45, 7) is 5.93. The second-order valence-corrected chi connectivity index (χ2v) is 4.09. The molecule has 0 aliphatic rings.